The van der Waals surface area contributed by atoms with E-state index in [1.807, 2.05) is 63.4 Å². The third kappa shape index (κ3) is 10.7. The number of aromatic nitrogens is 1. The average Bonchev–Trinajstić information content (AvgIpc) is 3.69. The van der Waals surface area contributed by atoms with Crippen LogP contribution in [0.15, 0.2) is 64.9 Å². The molecule has 0 aliphatic carbocycles. The molecule has 0 spiro atoms. The molecule has 51 heavy (non-hydrogen) atoms. The number of hydrogen-bond donors (Lipinski definition) is 3. The van der Waals surface area contributed by atoms with Crippen molar-refractivity contribution in [1.29, 1.82) is 0 Å². The molecule has 3 atom stereocenters. The van der Waals surface area contributed by atoms with Gasteiger partial charge in [0.05, 0.1) is 42.9 Å². The number of hydrogen-bond acceptors (Lipinski definition) is 9. The van der Waals surface area contributed by atoms with Gasteiger partial charge in [0, 0.05) is 38.5 Å². The molecule has 0 saturated carbocycles. The molecule has 0 radical (unpaired) electrons. The van der Waals surface area contributed by atoms with Crippen molar-refractivity contribution in [2.45, 2.75) is 77.2 Å². The first-order valence-corrected chi connectivity index (χ1v) is 19.4. The number of aliphatic hydroxyl groups excluding tert-OH is 1. The summed E-state index contributed by atoms with van der Waals surface area (Å²) in [7, 11) is -2.51. The second-order valence-corrected chi connectivity index (χ2v) is 16.4. The minimum atomic E-state index is -4.02. The molecule has 1 aromatic heterocycles. The van der Waals surface area contributed by atoms with Crippen molar-refractivity contribution >= 4 is 39.2 Å². The van der Waals surface area contributed by atoms with E-state index in [0.29, 0.717) is 31.1 Å². The lowest BCUT2D eigenvalue weighted by molar-refractivity contribution is -0.128. The van der Waals surface area contributed by atoms with Crippen molar-refractivity contribution in [3.05, 3.63) is 76.2 Å². The largest absolute Gasteiger partial charge is 0.497 e. The first-order chi connectivity index (χ1) is 24.2. The van der Waals surface area contributed by atoms with Crippen molar-refractivity contribution in [3.8, 4) is 5.75 Å². The lowest BCUT2D eigenvalue weighted by atomic mass is 9.97. The zero-order valence-corrected chi connectivity index (χ0v) is 31.7. The molecule has 1 saturated heterocycles. The number of benzene rings is 2. The number of rotatable bonds is 18. The summed E-state index contributed by atoms with van der Waals surface area (Å²) < 4.78 is 34.2. The minimum Gasteiger partial charge on any atom is -0.497 e. The summed E-state index contributed by atoms with van der Waals surface area (Å²) in [4.78, 5) is 46.9. The maximum Gasteiger partial charge on any atom is 0.321 e. The Labute approximate surface area is 305 Å². The van der Waals surface area contributed by atoms with Gasteiger partial charge >= 0.3 is 6.03 Å². The summed E-state index contributed by atoms with van der Waals surface area (Å²) in [5.74, 6) is -0.375. The van der Waals surface area contributed by atoms with Crippen LogP contribution < -0.4 is 15.4 Å². The third-order valence-corrected chi connectivity index (χ3v) is 11.3. The highest BCUT2D eigenvalue weighted by atomic mass is 32.2. The first kappa shape index (κ1) is 39.7. The van der Waals surface area contributed by atoms with Crippen molar-refractivity contribution in [2.75, 3.05) is 33.3 Å². The lowest BCUT2D eigenvalue weighted by Gasteiger charge is -2.34. The van der Waals surface area contributed by atoms with Gasteiger partial charge in [0.1, 0.15) is 16.8 Å². The second-order valence-electron chi connectivity index (χ2n) is 13.5. The standard InChI is InChI=1S/C36H50N6O7S2/c1-24(2)20-41(51(47,48)30-14-12-29(49-6)13-15-30)22-32(44)31(18-27-10-8-7-9-11-27)39-35(45)34(25(3)4)42-17-16-40(36(42)46)21-28-23-50-33(38-28)19-37-26(5)43/h7-15,23-25,31-32,34,44H,16-22H2,1-6H3,(H,37,43)(H,39,45)/t31-,32+,34-/m0/s1. The number of nitrogens with zero attached hydrogens (tertiary/aromatic N) is 4. The van der Waals surface area contributed by atoms with Gasteiger partial charge in [-0.2, -0.15) is 4.31 Å². The van der Waals surface area contributed by atoms with Crippen LogP contribution in [0, 0.1) is 11.8 Å². The van der Waals surface area contributed by atoms with Crippen LogP contribution in [-0.4, -0.2) is 102 Å². The molecule has 0 unspecified atom stereocenters. The predicted octanol–water partition coefficient (Wildman–Crippen LogP) is 3.49. The van der Waals surface area contributed by atoms with Gasteiger partial charge in [0.2, 0.25) is 21.8 Å². The van der Waals surface area contributed by atoms with Crippen LogP contribution >= 0.6 is 11.3 Å². The molecular formula is C36H50N6O7S2. The molecule has 2 heterocycles. The van der Waals surface area contributed by atoms with Crippen molar-refractivity contribution in [2.24, 2.45) is 11.8 Å². The normalized spacial score (nSPS) is 15.4. The Kier molecular flexibility index (Phi) is 14.0. The molecule has 2 aromatic carbocycles. The average molecular weight is 743 g/mol. The molecule has 3 N–H and O–H groups in total. The topological polar surface area (TPSA) is 161 Å². The quantitative estimate of drug-likeness (QED) is 0.179. The van der Waals surface area contributed by atoms with Gasteiger partial charge in [-0.05, 0) is 48.1 Å². The van der Waals surface area contributed by atoms with Crippen molar-refractivity contribution in [3.63, 3.8) is 0 Å². The maximum absolute atomic E-state index is 14.1. The fourth-order valence-corrected chi connectivity index (χ4v) is 8.39. The van der Waals surface area contributed by atoms with E-state index in [4.69, 9.17) is 4.74 Å². The highest BCUT2D eigenvalue weighted by molar-refractivity contribution is 7.89. The molecule has 1 aliphatic rings. The number of urea groups is 1. The first-order valence-electron chi connectivity index (χ1n) is 17.1. The van der Waals surface area contributed by atoms with Gasteiger partial charge in [0.25, 0.3) is 0 Å². The minimum absolute atomic E-state index is 0.0464. The Morgan fingerprint density at radius 1 is 1.04 bits per heavy atom. The number of aliphatic hydroxyl groups is 1. The zero-order chi connectivity index (χ0) is 37.3. The van der Waals surface area contributed by atoms with Crippen LogP contribution in [0.5, 0.6) is 5.75 Å². The van der Waals surface area contributed by atoms with E-state index in [1.54, 1.807) is 21.9 Å². The van der Waals surface area contributed by atoms with E-state index in [2.05, 4.69) is 15.6 Å². The molecule has 15 heteroatoms. The molecule has 0 bridgehead atoms. The number of methoxy groups -OCH3 is 1. The van der Waals surface area contributed by atoms with Gasteiger partial charge in [0.15, 0.2) is 0 Å². The van der Waals surface area contributed by atoms with E-state index in [1.165, 1.54) is 41.8 Å². The molecular weight excluding hydrogens is 693 g/mol. The summed E-state index contributed by atoms with van der Waals surface area (Å²) in [5, 5.41) is 20.1. The highest BCUT2D eigenvalue weighted by Gasteiger charge is 2.40. The number of ether oxygens (including phenoxy) is 1. The monoisotopic (exact) mass is 742 g/mol. The van der Waals surface area contributed by atoms with E-state index in [0.717, 1.165) is 10.6 Å². The Hall–Kier alpha value is -4.05. The molecule has 4 rings (SSSR count). The van der Waals surface area contributed by atoms with E-state index in [9.17, 15) is 27.9 Å². The maximum atomic E-state index is 14.1. The summed E-state index contributed by atoms with van der Waals surface area (Å²) in [6, 6.07) is 13.4. The van der Waals surface area contributed by atoms with Gasteiger partial charge in [-0.15, -0.1) is 11.3 Å². The number of thiazole rings is 1. The van der Waals surface area contributed by atoms with E-state index in [-0.39, 0.29) is 54.7 Å². The van der Waals surface area contributed by atoms with E-state index < -0.39 is 34.1 Å². The van der Waals surface area contributed by atoms with Crippen molar-refractivity contribution < 1.29 is 32.6 Å². The predicted molar refractivity (Wildman–Crippen MR) is 195 cm³/mol. The molecule has 4 amide bonds. The van der Waals surface area contributed by atoms with E-state index >= 15 is 0 Å². The number of amides is 4. The highest BCUT2D eigenvalue weighted by Crippen LogP contribution is 2.24. The molecule has 278 valence electrons. The number of sulfonamides is 1. The zero-order valence-electron chi connectivity index (χ0n) is 30.1. The van der Waals surface area contributed by atoms with Gasteiger partial charge < -0.3 is 30.3 Å². The Morgan fingerprint density at radius 2 is 1.73 bits per heavy atom. The van der Waals surface area contributed by atoms with Gasteiger partial charge in [-0.3, -0.25) is 9.59 Å². The Bertz CT molecular complexity index is 1720. The summed E-state index contributed by atoms with van der Waals surface area (Å²) in [5.41, 5.74) is 1.55. The molecule has 13 nitrogen and oxygen atoms in total. The van der Waals surface area contributed by atoms with Crippen LogP contribution in [0.2, 0.25) is 0 Å². The number of carbonyl (C=O) groups excluding carboxylic acids is 3. The van der Waals surface area contributed by atoms with Crippen LogP contribution in [-0.2, 0) is 39.1 Å². The lowest BCUT2D eigenvalue weighted by Crippen LogP contribution is -2.57. The summed E-state index contributed by atoms with van der Waals surface area (Å²) >= 11 is 1.40. The van der Waals surface area contributed by atoms with Crippen LogP contribution in [0.3, 0.4) is 0 Å². The molecule has 3 aromatic rings. The number of carbonyl (C=O) groups is 3. The fourth-order valence-electron chi connectivity index (χ4n) is 6.04. The molecule has 1 aliphatic heterocycles. The smallest absolute Gasteiger partial charge is 0.321 e. The van der Waals surface area contributed by atoms with Crippen LogP contribution in [0.25, 0.3) is 0 Å². The number of nitrogens with one attached hydrogen (secondary N) is 2. The Balaban J connectivity index is 1.53. The van der Waals surface area contributed by atoms with Crippen LogP contribution in [0.4, 0.5) is 4.79 Å². The van der Waals surface area contributed by atoms with Gasteiger partial charge in [-0.1, -0.05) is 58.0 Å². The molecule has 1 fully saturated rings. The SMILES string of the molecule is COc1ccc(S(=O)(=O)N(CC(C)C)C[C@@H](O)[C@H](Cc2ccccc2)NC(=O)[C@H](C(C)C)N2CCN(Cc3csc(CNC(C)=O)n3)C2=O)cc1. The summed E-state index contributed by atoms with van der Waals surface area (Å²) in [6.07, 6.45) is -1.04. The third-order valence-electron chi connectivity index (χ3n) is 8.55. The second kappa shape index (κ2) is 17.9. The Morgan fingerprint density at radius 3 is 2.33 bits per heavy atom. The van der Waals surface area contributed by atoms with Crippen LogP contribution in [0.1, 0.15) is 50.9 Å². The summed E-state index contributed by atoms with van der Waals surface area (Å²) in [6.45, 7) is 10.2. The van der Waals surface area contributed by atoms with Crippen molar-refractivity contribution in [1.82, 2.24) is 29.7 Å². The fraction of sp³-hybridized carbons (Fsp3) is 0.500. The van der Waals surface area contributed by atoms with Gasteiger partial charge in [-0.25, -0.2) is 18.2 Å².